The SMILES string of the molecule is C/C=C\C=C/CC(=O)CBr.C=C. The smallest absolute Gasteiger partial charge is 0.147 e. The maximum Gasteiger partial charge on any atom is 0.147 e. The minimum Gasteiger partial charge on any atom is -0.298 e. The minimum atomic E-state index is 0.209. The number of allylic oxidation sites excluding steroid dienone is 4. The number of ketones is 1. The number of Topliss-reactive ketones (excluding diaryl/α,β-unsaturated/α-hetero) is 1. The van der Waals surface area contributed by atoms with Crippen LogP contribution in [0.15, 0.2) is 37.5 Å². The van der Waals surface area contributed by atoms with Crippen molar-refractivity contribution >= 4 is 21.7 Å². The maximum absolute atomic E-state index is 10.7. The summed E-state index contributed by atoms with van der Waals surface area (Å²) < 4.78 is 0. The van der Waals surface area contributed by atoms with Gasteiger partial charge in [-0.05, 0) is 6.92 Å². The Bertz CT molecular complexity index is 159. The van der Waals surface area contributed by atoms with Gasteiger partial charge in [-0.3, -0.25) is 4.79 Å². The monoisotopic (exact) mass is 230 g/mol. The topological polar surface area (TPSA) is 17.1 Å². The highest BCUT2D eigenvalue weighted by molar-refractivity contribution is 9.09. The van der Waals surface area contributed by atoms with Gasteiger partial charge in [0.15, 0.2) is 0 Å². The van der Waals surface area contributed by atoms with Crippen LogP contribution in [0.5, 0.6) is 0 Å². The molecule has 1 nitrogen and oxygen atoms in total. The van der Waals surface area contributed by atoms with Crippen molar-refractivity contribution in [3.8, 4) is 0 Å². The highest BCUT2D eigenvalue weighted by atomic mass is 79.9. The van der Waals surface area contributed by atoms with Crippen molar-refractivity contribution in [2.45, 2.75) is 13.3 Å². The van der Waals surface area contributed by atoms with E-state index in [-0.39, 0.29) is 5.78 Å². The zero-order valence-corrected chi connectivity index (χ0v) is 9.01. The molecule has 0 aromatic heterocycles. The Morgan fingerprint density at radius 1 is 1.42 bits per heavy atom. The molecule has 2 heteroatoms. The van der Waals surface area contributed by atoms with Crippen LogP contribution in [0.1, 0.15) is 13.3 Å². The molecule has 0 aromatic rings. The van der Waals surface area contributed by atoms with Crippen molar-refractivity contribution in [1.82, 2.24) is 0 Å². The van der Waals surface area contributed by atoms with Crippen molar-refractivity contribution in [1.29, 1.82) is 0 Å². The maximum atomic E-state index is 10.7. The lowest BCUT2D eigenvalue weighted by Gasteiger charge is -1.84. The van der Waals surface area contributed by atoms with E-state index in [9.17, 15) is 4.79 Å². The van der Waals surface area contributed by atoms with Crippen molar-refractivity contribution in [2.75, 3.05) is 5.33 Å². The molecule has 0 aromatic carbocycles. The van der Waals surface area contributed by atoms with Crippen LogP contribution in [-0.2, 0) is 4.79 Å². The third kappa shape index (κ3) is 12.1. The third-order valence-electron chi connectivity index (χ3n) is 0.934. The summed E-state index contributed by atoms with van der Waals surface area (Å²) in [5.74, 6) is 0.209. The molecule has 0 N–H and O–H groups in total. The van der Waals surface area contributed by atoms with E-state index in [1.165, 1.54) is 0 Å². The van der Waals surface area contributed by atoms with Gasteiger partial charge in [0.05, 0.1) is 5.33 Å². The van der Waals surface area contributed by atoms with Crippen molar-refractivity contribution in [3.05, 3.63) is 37.5 Å². The summed E-state index contributed by atoms with van der Waals surface area (Å²) in [7, 11) is 0. The van der Waals surface area contributed by atoms with Gasteiger partial charge in [-0.2, -0.15) is 0 Å². The van der Waals surface area contributed by atoms with E-state index in [0.29, 0.717) is 11.8 Å². The molecule has 0 heterocycles. The van der Waals surface area contributed by atoms with E-state index < -0.39 is 0 Å². The first-order valence-electron chi connectivity index (χ1n) is 3.66. The van der Waals surface area contributed by atoms with Gasteiger partial charge in [0.2, 0.25) is 0 Å². The molecule has 0 bridgehead atoms. The first-order valence-corrected chi connectivity index (χ1v) is 4.79. The predicted molar refractivity (Wildman–Crippen MR) is 58.6 cm³/mol. The molecule has 68 valence electrons. The molecule has 0 aliphatic carbocycles. The third-order valence-corrected chi connectivity index (χ3v) is 1.56. The molecule has 0 unspecified atom stereocenters. The van der Waals surface area contributed by atoms with Crippen molar-refractivity contribution < 1.29 is 4.79 Å². The van der Waals surface area contributed by atoms with Crippen LogP contribution in [0.25, 0.3) is 0 Å². The Kier molecular flexibility index (Phi) is 15.1. The van der Waals surface area contributed by atoms with Crippen LogP contribution in [0.2, 0.25) is 0 Å². The number of carbonyl (C=O) groups is 1. The van der Waals surface area contributed by atoms with Crippen LogP contribution in [-0.4, -0.2) is 11.1 Å². The Hall–Kier alpha value is -0.630. The van der Waals surface area contributed by atoms with Gasteiger partial charge < -0.3 is 0 Å². The lowest BCUT2D eigenvalue weighted by molar-refractivity contribution is -0.115. The Balaban J connectivity index is 0. The molecule has 0 amide bonds. The quantitative estimate of drug-likeness (QED) is 0.412. The van der Waals surface area contributed by atoms with Gasteiger partial charge in [-0.25, -0.2) is 0 Å². The molecular formula is C10H15BrO. The Morgan fingerprint density at radius 2 is 2.00 bits per heavy atom. The van der Waals surface area contributed by atoms with Crippen LogP contribution in [0.4, 0.5) is 0 Å². The van der Waals surface area contributed by atoms with E-state index in [1.807, 2.05) is 31.2 Å². The zero-order chi connectivity index (χ0) is 9.82. The number of alkyl halides is 1. The van der Waals surface area contributed by atoms with E-state index >= 15 is 0 Å². The number of halogens is 1. The summed E-state index contributed by atoms with van der Waals surface area (Å²) in [4.78, 5) is 10.7. The standard InChI is InChI=1S/C8H11BrO.C2H4/c1-2-3-4-5-6-8(10)7-9;1-2/h2-5H,6-7H2,1H3;1-2H2/b3-2-,5-4-;. The molecule has 0 aliphatic heterocycles. The molecule has 0 rings (SSSR count). The summed E-state index contributed by atoms with van der Waals surface area (Å²) >= 11 is 3.08. The van der Waals surface area contributed by atoms with Gasteiger partial charge in [0.25, 0.3) is 0 Å². The number of carbonyl (C=O) groups excluding carboxylic acids is 1. The van der Waals surface area contributed by atoms with E-state index in [0.717, 1.165) is 0 Å². The lowest BCUT2D eigenvalue weighted by Crippen LogP contribution is -1.94. The van der Waals surface area contributed by atoms with Crippen LogP contribution in [0, 0.1) is 0 Å². The van der Waals surface area contributed by atoms with Gasteiger partial charge >= 0.3 is 0 Å². The molecule has 0 saturated heterocycles. The highest BCUT2D eigenvalue weighted by Gasteiger charge is 1.91. The van der Waals surface area contributed by atoms with Crippen LogP contribution in [0.3, 0.4) is 0 Å². The Morgan fingerprint density at radius 3 is 2.42 bits per heavy atom. The molecule has 0 radical (unpaired) electrons. The molecule has 0 aliphatic rings. The average molecular weight is 231 g/mol. The van der Waals surface area contributed by atoms with Crippen LogP contribution < -0.4 is 0 Å². The molecule has 0 spiro atoms. The first-order chi connectivity index (χ1) is 5.81. The second kappa shape index (κ2) is 13.0. The second-order valence-electron chi connectivity index (χ2n) is 1.83. The first kappa shape index (κ1) is 13.9. The molecule has 0 saturated carbocycles. The van der Waals surface area contributed by atoms with E-state index in [4.69, 9.17) is 0 Å². The summed E-state index contributed by atoms with van der Waals surface area (Å²) in [5, 5.41) is 0.452. The fourth-order valence-electron chi connectivity index (χ4n) is 0.444. The van der Waals surface area contributed by atoms with Gasteiger partial charge in [0, 0.05) is 6.42 Å². The zero-order valence-electron chi connectivity index (χ0n) is 7.42. The Labute approximate surface area is 83.0 Å². The average Bonchev–Trinajstić information content (AvgIpc) is 2.15. The van der Waals surface area contributed by atoms with Crippen molar-refractivity contribution in [3.63, 3.8) is 0 Å². The fraction of sp³-hybridized carbons (Fsp3) is 0.300. The van der Waals surface area contributed by atoms with Crippen molar-refractivity contribution in [2.24, 2.45) is 0 Å². The fourth-order valence-corrected chi connectivity index (χ4v) is 0.673. The number of hydrogen-bond donors (Lipinski definition) is 0. The molecular weight excluding hydrogens is 216 g/mol. The van der Waals surface area contributed by atoms with E-state index in [1.54, 1.807) is 0 Å². The lowest BCUT2D eigenvalue weighted by atomic mass is 10.3. The van der Waals surface area contributed by atoms with Gasteiger partial charge in [-0.1, -0.05) is 40.2 Å². The van der Waals surface area contributed by atoms with E-state index in [2.05, 4.69) is 29.1 Å². The van der Waals surface area contributed by atoms with Gasteiger partial charge in [-0.15, -0.1) is 13.2 Å². The number of rotatable bonds is 4. The number of hydrogen-bond acceptors (Lipinski definition) is 1. The molecule has 12 heavy (non-hydrogen) atoms. The summed E-state index contributed by atoms with van der Waals surface area (Å²) in [6.07, 6.45) is 8.08. The molecule has 0 fully saturated rings. The second-order valence-corrected chi connectivity index (χ2v) is 2.39. The summed E-state index contributed by atoms with van der Waals surface area (Å²) in [6.45, 7) is 7.94. The predicted octanol–water partition coefficient (Wildman–Crippen LogP) is 3.28. The summed E-state index contributed by atoms with van der Waals surface area (Å²) in [5.41, 5.74) is 0. The summed E-state index contributed by atoms with van der Waals surface area (Å²) in [6, 6.07) is 0. The largest absolute Gasteiger partial charge is 0.298 e. The van der Waals surface area contributed by atoms with Gasteiger partial charge in [0.1, 0.15) is 5.78 Å². The molecule has 0 atom stereocenters. The highest BCUT2D eigenvalue weighted by Crippen LogP contribution is 1.90. The normalized spacial score (nSPS) is 9.83. The van der Waals surface area contributed by atoms with Crippen LogP contribution >= 0.6 is 15.9 Å². The minimum absolute atomic E-state index is 0.209.